The molecule has 2 amide bonds. The van der Waals surface area contributed by atoms with Gasteiger partial charge in [0, 0.05) is 22.1 Å². The maximum Gasteiger partial charge on any atom is 0.242 e. The molecule has 1 N–H and O–H groups in total. The SMILES string of the molecule is CC[C@H](C)NC(=O)[C@H](C)N(Cc1cccc(Br)c1)C(=O)Cc1cccc(Cl)c1. The third-order valence-corrected chi connectivity index (χ3v) is 5.38. The van der Waals surface area contributed by atoms with Crippen molar-refractivity contribution in [3.05, 3.63) is 69.2 Å². The summed E-state index contributed by atoms with van der Waals surface area (Å²) in [4.78, 5) is 27.4. The molecule has 2 rings (SSSR count). The molecule has 6 heteroatoms. The highest BCUT2D eigenvalue weighted by Gasteiger charge is 2.26. The second-order valence-electron chi connectivity index (χ2n) is 6.95. The Morgan fingerprint density at radius 3 is 2.43 bits per heavy atom. The number of carbonyl (C=O) groups excluding carboxylic acids is 2. The molecular weight excluding hydrogens is 440 g/mol. The summed E-state index contributed by atoms with van der Waals surface area (Å²) in [5, 5.41) is 3.56. The van der Waals surface area contributed by atoms with E-state index in [0.717, 1.165) is 22.0 Å². The molecule has 4 nitrogen and oxygen atoms in total. The van der Waals surface area contributed by atoms with Gasteiger partial charge in [-0.05, 0) is 55.7 Å². The predicted octanol–water partition coefficient (Wildman–Crippen LogP) is 4.98. The van der Waals surface area contributed by atoms with Crippen LogP contribution in [0.4, 0.5) is 0 Å². The Labute approximate surface area is 180 Å². The fourth-order valence-corrected chi connectivity index (χ4v) is 3.46. The molecule has 0 aromatic heterocycles. The first-order chi connectivity index (χ1) is 13.3. The van der Waals surface area contributed by atoms with Gasteiger partial charge < -0.3 is 10.2 Å². The first kappa shape index (κ1) is 22.4. The molecule has 0 saturated heterocycles. The van der Waals surface area contributed by atoms with Crippen LogP contribution in [0.5, 0.6) is 0 Å². The van der Waals surface area contributed by atoms with E-state index < -0.39 is 6.04 Å². The molecule has 2 aromatic carbocycles. The molecule has 0 aliphatic carbocycles. The number of nitrogens with one attached hydrogen (secondary N) is 1. The third-order valence-electron chi connectivity index (χ3n) is 4.65. The fourth-order valence-electron chi connectivity index (χ4n) is 2.80. The van der Waals surface area contributed by atoms with E-state index in [1.165, 1.54) is 0 Å². The van der Waals surface area contributed by atoms with Crippen LogP contribution in [0, 0.1) is 0 Å². The van der Waals surface area contributed by atoms with Gasteiger partial charge in [0.15, 0.2) is 0 Å². The van der Waals surface area contributed by atoms with Crippen LogP contribution in [0.15, 0.2) is 53.0 Å². The van der Waals surface area contributed by atoms with Gasteiger partial charge >= 0.3 is 0 Å². The number of hydrogen-bond acceptors (Lipinski definition) is 2. The highest BCUT2D eigenvalue weighted by molar-refractivity contribution is 9.10. The van der Waals surface area contributed by atoms with E-state index in [9.17, 15) is 9.59 Å². The van der Waals surface area contributed by atoms with E-state index in [1.807, 2.05) is 50.2 Å². The minimum Gasteiger partial charge on any atom is -0.352 e. The van der Waals surface area contributed by atoms with Gasteiger partial charge in [0.05, 0.1) is 6.42 Å². The van der Waals surface area contributed by atoms with Gasteiger partial charge in [0.2, 0.25) is 11.8 Å². The first-order valence-electron chi connectivity index (χ1n) is 9.39. The third kappa shape index (κ3) is 6.64. The van der Waals surface area contributed by atoms with Crippen LogP contribution < -0.4 is 5.32 Å². The summed E-state index contributed by atoms with van der Waals surface area (Å²) in [5.41, 5.74) is 1.78. The Hall–Kier alpha value is -1.85. The minimum atomic E-state index is -0.584. The number of carbonyl (C=O) groups is 2. The van der Waals surface area contributed by atoms with Gasteiger partial charge in [0.1, 0.15) is 6.04 Å². The lowest BCUT2D eigenvalue weighted by atomic mass is 10.1. The standard InChI is InChI=1S/C22H26BrClN2O2/c1-4-15(2)25-22(28)16(3)26(14-18-8-5-9-19(23)11-18)21(27)13-17-7-6-10-20(24)12-17/h5-12,15-16H,4,13-14H2,1-3H3,(H,25,28)/t15-,16-/m0/s1. The van der Waals surface area contributed by atoms with Crippen molar-refractivity contribution in [1.82, 2.24) is 10.2 Å². The van der Waals surface area contributed by atoms with Crippen LogP contribution in [0.3, 0.4) is 0 Å². The van der Waals surface area contributed by atoms with E-state index in [-0.39, 0.29) is 24.3 Å². The lowest BCUT2D eigenvalue weighted by Crippen LogP contribution is -2.49. The summed E-state index contributed by atoms with van der Waals surface area (Å²) < 4.78 is 0.934. The van der Waals surface area contributed by atoms with E-state index in [2.05, 4.69) is 21.2 Å². The summed E-state index contributed by atoms with van der Waals surface area (Å²) in [7, 11) is 0. The second-order valence-corrected chi connectivity index (χ2v) is 8.30. The molecule has 2 aromatic rings. The molecule has 0 heterocycles. The van der Waals surface area contributed by atoms with Crippen molar-refractivity contribution in [2.45, 2.75) is 52.2 Å². The lowest BCUT2D eigenvalue weighted by molar-refractivity contribution is -0.140. The van der Waals surface area contributed by atoms with Gasteiger partial charge in [-0.25, -0.2) is 0 Å². The predicted molar refractivity (Wildman–Crippen MR) is 117 cm³/mol. The molecule has 0 fully saturated rings. The maximum absolute atomic E-state index is 13.1. The van der Waals surface area contributed by atoms with Crippen molar-refractivity contribution in [2.75, 3.05) is 0 Å². The number of benzene rings is 2. The van der Waals surface area contributed by atoms with Crippen molar-refractivity contribution in [1.29, 1.82) is 0 Å². The molecule has 0 aliphatic heterocycles. The smallest absolute Gasteiger partial charge is 0.242 e. The topological polar surface area (TPSA) is 49.4 Å². The van der Waals surface area contributed by atoms with Crippen molar-refractivity contribution in [3.8, 4) is 0 Å². The summed E-state index contributed by atoms with van der Waals surface area (Å²) in [6, 6.07) is 14.5. The zero-order valence-corrected chi connectivity index (χ0v) is 18.8. The highest BCUT2D eigenvalue weighted by Crippen LogP contribution is 2.18. The first-order valence-corrected chi connectivity index (χ1v) is 10.6. The van der Waals surface area contributed by atoms with Crippen LogP contribution in [-0.2, 0) is 22.6 Å². The van der Waals surface area contributed by atoms with E-state index in [1.54, 1.807) is 24.0 Å². The number of amides is 2. The van der Waals surface area contributed by atoms with Gasteiger partial charge in [-0.3, -0.25) is 9.59 Å². The maximum atomic E-state index is 13.1. The number of hydrogen-bond donors (Lipinski definition) is 1. The summed E-state index contributed by atoms with van der Waals surface area (Å²) in [6.45, 7) is 6.09. The lowest BCUT2D eigenvalue weighted by Gasteiger charge is -2.30. The van der Waals surface area contributed by atoms with Crippen LogP contribution in [0.1, 0.15) is 38.3 Å². The quantitative estimate of drug-likeness (QED) is 0.598. The Balaban J connectivity index is 2.23. The summed E-state index contributed by atoms with van der Waals surface area (Å²) >= 11 is 9.51. The molecular formula is C22H26BrClN2O2. The van der Waals surface area contributed by atoms with Crippen molar-refractivity contribution in [2.24, 2.45) is 0 Å². The largest absolute Gasteiger partial charge is 0.352 e. The van der Waals surface area contributed by atoms with Gasteiger partial charge in [-0.2, -0.15) is 0 Å². The number of nitrogens with zero attached hydrogens (tertiary/aromatic N) is 1. The van der Waals surface area contributed by atoms with Crippen molar-refractivity contribution >= 4 is 39.3 Å². The van der Waals surface area contributed by atoms with Crippen molar-refractivity contribution < 1.29 is 9.59 Å². The van der Waals surface area contributed by atoms with Gasteiger partial charge in [0.25, 0.3) is 0 Å². The molecule has 28 heavy (non-hydrogen) atoms. The Bertz CT molecular complexity index is 828. The van der Waals surface area contributed by atoms with Crippen molar-refractivity contribution in [3.63, 3.8) is 0 Å². The zero-order valence-electron chi connectivity index (χ0n) is 16.4. The second kappa shape index (κ2) is 10.6. The number of rotatable bonds is 8. The zero-order chi connectivity index (χ0) is 20.7. The van der Waals surface area contributed by atoms with Gasteiger partial charge in [-0.1, -0.05) is 58.7 Å². The number of halogens is 2. The average molecular weight is 466 g/mol. The molecule has 0 radical (unpaired) electrons. The Morgan fingerprint density at radius 1 is 1.11 bits per heavy atom. The molecule has 0 unspecified atom stereocenters. The molecule has 2 atom stereocenters. The highest BCUT2D eigenvalue weighted by atomic mass is 79.9. The van der Waals surface area contributed by atoms with E-state index in [0.29, 0.717) is 11.6 Å². The Kier molecular flexibility index (Phi) is 8.52. The fraction of sp³-hybridized carbons (Fsp3) is 0.364. The van der Waals surface area contributed by atoms with Crippen LogP contribution >= 0.6 is 27.5 Å². The normalized spacial score (nSPS) is 12.9. The van der Waals surface area contributed by atoms with Crippen LogP contribution in [0.25, 0.3) is 0 Å². The minimum absolute atomic E-state index is 0.0608. The molecule has 0 bridgehead atoms. The average Bonchev–Trinajstić information content (AvgIpc) is 2.65. The summed E-state index contributed by atoms with van der Waals surface area (Å²) in [5.74, 6) is -0.266. The monoisotopic (exact) mass is 464 g/mol. The Morgan fingerprint density at radius 2 is 1.79 bits per heavy atom. The molecule has 0 saturated carbocycles. The summed E-state index contributed by atoms with van der Waals surface area (Å²) in [6.07, 6.45) is 1.02. The van der Waals surface area contributed by atoms with E-state index >= 15 is 0 Å². The van der Waals surface area contributed by atoms with Crippen LogP contribution in [0.2, 0.25) is 5.02 Å². The van der Waals surface area contributed by atoms with E-state index in [4.69, 9.17) is 11.6 Å². The molecule has 0 aliphatic rings. The molecule has 0 spiro atoms. The van der Waals surface area contributed by atoms with Crippen LogP contribution in [-0.4, -0.2) is 28.8 Å². The molecule has 150 valence electrons. The van der Waals surface area contributed by atoms with Gasteiger partial charge in [-0.15, -0.1) is 0 Å².